The molecule has 0 aliphatic carbocycles. The van der Waals surface area contributed by atoms with Gasteiger partial charge in [-0.3, -0.25) is 0 Å². The quantitative estimate of drug-likeness (QED) is 0.320. The highest BCUT2D eigenvalue weighted by molar-refractivity contribution is 6.09. The summed E-state index contributed by atoms with van der Waals surface area (Å²) in [5, 5.41) is 7.20. The van der Waals surface area contributed by atoms with Crippen LogP contribution in [0.25, 0.3) is 33.2 Å². The average Bonchev–Trinajstić information content (AvgIpc) is 2.75. The summed E-state index contributed by atoms with van der Waals surface area (Å²) in [5.41, 5.74) is 11.2. The van der Waals surface area contributed by atoms with Crippen LogP contribution in [0.3, 0.4) is 0 Å². The van der Waals surface area contributed by atoms with Gasteiger partial charge in [-0.15, -0.1) is 0 Å². The molecule has 0 unspecified atom stereocenters. The maximum absolute atomic E-state index is 5.01. The zero-order valence-electron chi connectivity index (χ0n) is 15.9. The summed E-state index contributed by atoms with van der Waals surface area (Å²) in [6, 6.07) is 26.9. The van der Waals surface area contributed by atoms with Crippen LogP contribution in [-0.2, 0) is 0 Å². The van der Waals surface area contributed by atoms with Gasteiger partial charge in [-0.05, 0) is 42.8 Å². The third-order valence-corrected chi connectivity index (χ3v) is 5.43. The molecule has 0 saturated carbocycles. The number of rotatable bonds is 1. The van der Waals surface area contributed by atoms with Crippen molar-refractivity contribution in [3.63, 3.8) is 0 Å². The molecule has 29 heavy (non-hydrogen) atoms. The molecule has 6 rings (SSSR count). The number of hydrogen-bond donors (Lipinski definition) is 2. The van der Waals surface area contributed by atoms with Gasteiger partial charge < -0.3 is 10.6 Å². The van der Waals surface area contributed by atoms with Crippen molar-refractivity contribution in [2.75, 3.05) is 10.6 Å². The predicted molar refractivity (Wildman–Crippen MR) is 120 cm³/mol. The number of anilines is 4. The van der Waals surface area contributed by atoms with Crippen LogP contribution in [-0.4, -0.2) is 9.97 Å². The summed E-state index contributed by atoms with van der Waals surface area (Å²) >= 11 is 0. The molecule has 0 bridgehead atoms. The molecule has 1 aliphatic heterocycles. The Hall–Kier alpha value is -3.92. The van der Waals surface area contributed by atoms with E-state index in [1.807, 2.05) is 36.4 Å². The molecule has 0 spiro atoms. The number of aryl methyl sites for hydroxylation is 1. The molecule has 1 aliphatic rings. The Balaban J connectivity index is 1.71. The summed E-state index contributed by atoms with van der Waals surface area (Å²) in [5.74, 6) is 0. The fraction of sp³-hybridized carbons (Fsp3) is 0.0400. The third kappa shape index (κ3) is 2.53. The first-order valence-electron chi connectivity index (χ1n) is 9.70. The maximum Gasteiger partial charge on any atom is 0.0995 e. The molecule has 0 radical (unpaired) electrons. The first-order valence-corrected chi connectivity index (χ1v) is 9.70. The van der Waals surface area contributed by atoms with Crippen molar-refractivity contribution in [1.29, 1.82) is 0 Å². The molecule has 0 amide bonds. The van der Waals surface area contributed by atoms with Crippen LogP contribution in [0, 0.1) is 6.92 Å². The highest BCUT2D eigenvalue weighted by Crippen LogP contribution is 2.46. The fourth-order valence-corrected chi connectivity index (χ4v) is 3.97. The Morgan fingerprint density at radius 1 is 0.621 bits per heavy atom. The van der Waals surface area contributed by atoms with E-state index < -0.39 is 0 Å². The molecule has 0 atom stereocenters. The number of nitrogens with one attached hydrogen (secondary N) is 2. The molecular formula is C25H18N4. The van der Waals surface area contributed by atoms with E-state index in [-0.39, 0.29) is 0 Å². The average molecular weight is 374 g/mol. The molecule has 4 heteroatoms. The molecule has 4 aromatic carbocycles. The Morgan fingerprint density at radius 2 is 1.28 bits per heavy atom. The monoisotopic (exact) mass is 374 g/mol. The minimum atomic E-state index is 0.881. The number of hydrogen-bond acceptors (Lipinski definition) is 4. The largest absolute Gasteiger partial charge is 0.352 e. The van der Waals surface area contributed by atoms with Gasteiger partial charge in [-0.1, -0.05) is 54.1 Å². The lowest BCUT2D eigenvalue weighted by atomic mass is 9.97. The van der Waals surface area contributed by atoms with Crippen molar-refractivity contribution in [1.82, 2.24) is 9.97 Å². The number of nitrogens with zero attached hydrogens (tertiary/aromatic N) is 2. The normalized spacial score (nSPS) is 12.2. The van der Waals surface area contributed by atoms with Crippen molar-refractivity contribution >= 4 is 44.8 Å². The second kappa shape index (κ2) is 6.04. The maximum atomic E-state index is 5.01. The molecule has 138 valence electrons. The Bertz CT molecular complexity index is 1400. The van der Waals surface area contributed by atoms with Crippen molar-refractivity contribution in [2.24, 2.45) is 0 Å². The lowest BCUT2D eigenvalue weighted by Crippen LogP contribution is -2.08. The van der Waals surface area contributed by atoms with Crippen LogP contribution < -0.4 is 10.6 Å². The predicted octanol–water partition coefficient (Wildman–Crippen LogP) is 6.56. The molecular weight excluding hydrogens is 356 g/mol. The first-order chi connectivity index (χ1) is 14.3. The molecule has 2 N–H and O–H groups in total. The van der Waals surface area contributed by atoms with E-state index in [9.17, 15) is 0 Å². The van der Waals surface area contributed by atoms with E-state index in [1.165, 1.54) is 5.56 Å². The Morgan fingerprint density at radius 3 is 2.03 bits per heavy atom. The number of fused-ring (bicyclic) bond motifs is 4. The van der Waals surface area contributed by atoms with Gasteiger partial charge in [-0.25, -0.2) is 9.97 Å². The van der Waals surface area contributed by atoms with Gasteiger partial charge in [0.05, 0.1) is 44.8 Å². The van der Waals surface area contributed by atoms with Crippen molar-refractivity contribution < 1.29 is 0 Å². The van der Waals surface area contributed by atoms with Crippen molar-refractivity contribution in [2.45, 2.75) is 6.92 Å². The molecule has 1 aromatic heterocycles. The molecule has 2 heterocycles. The van der Waals surface area contributed by atoms with Crippen LogP contribution in [0.15, 0.2) is 78.9 Å². The van der Waals surface area contributed by atoms with Crippen LogP contribution >= 0.6 is 0 Å². The molecule has 0 fully saturated rings. The smallest absolute Gasteiger partial charge is 0.0995 e. The minimum Gasteiger partial charge on any atom is -0.352 e. The van der Waals surface area contributed by atoms with E-state index in [4.69, 9.17) is 9.97 Å². The van der Waals surface area contributed by atoms with E-state index in [2.05, 4.69) is 60.0 Å². The molecule has 4 nitrogen and oxygen atoms in total. The van der Waals surface area contributed by atoms with E-state index in [1.54, 1.807) is 0 Å². The van der Waals surface area contributed by atoms with Gasteiger partial charge in [0, 0.05) is 5.56 Å². The molecule has 0 saturated heterocycles. The van der Waals surface area contributed by atoms with Crippen LogP contribution in [0.2, 0.25) is 0 Å². The summed E-state index contributed by atoms with van der Waals surface area (Å²) in [7, 11) is 0. The SMILES string of the molecule is Cc1ccc(-c2c3c(cc4nc5ccccc5nc24)Nc2ccccc2N3)cc1. The van der Waals surface area contributed by atoms with Crippen LogP contribution in [0.4, 0.5) is 22.7 Å². The Labute approximate surface area is 168 Å². The summed E-state index contributed by atoms with van der Waals surface area (Å²) < 4.78 is 0. The van der Waals surface area contributed by atoms with Gasteiger partial charge >= 0.3 is 0 Å². The van der Waals surface area contributed by atoms with Gasteiger partial charge in [-0.2, -0.15) is 0 Å². The second-order valence-electron chi connectivity index (χ2n) is 7.42. The standard InChI is InChI=1S/C25H18N4/c1-15-10-12-16(13-11-15)23-24-21(26-17-6-2-4-8-19(17)28-24)14-22-25(23)29-20-9-5-3-7-18(20)27-22/h2-14,26,28H,1H3. The van der Waals surface area contributed by atoms with E-state index in [0.29, 0.717) is 0 Å². The minimum absolute atomic E-state index is 0.881. The third-order valence-electron chi connectivity index (χ3n) is 5.43. The summed E-state index contributed by atoms with van der Waals surface area (Å²) in [6.45, 7) is 2.10. The zero-order valence-corrected chi connectivity index (χ0v) is 15.9. The highest BCUT2D eigenvalue weighted by atomic mass is 15.0. The first kappa shape index (κ1) is 16.1. The van der Waals surface area contributed by atoms with Gasteiger partial charge in [0.1, 0.15) is 0 Å². The van der Waals surface area contributed by atoms with Crippen LogP contribution in [0.1, 0.15) is 5.56 Å². The molecule has 5 aromatic rings. The lowest BCUT2D eigenvalue weighted by Gasteiger charge is -2.26. The van der Waals surface area contributed by atoms with Gasteiger partial charge in [0.15, 0.2) is 0 Å². The van der Waals surface area contributed by atoms with Gasteiger partial charge in [0.25, 0.3) is 0 Å². The van der Waals surface area contributed by atoms with Crippen molar-refractivity contribution in [3.8, 4) is 11.1 Å². The van der Waals surface area contributed by atoms with E-state index >= 15 is 0 Å². The fourth-order valence-electron chi connectivity index (χ4n) is 3.97. The van der Waals surface area contributed by atoms with Crippen molar-refractivity contribution in [3.05, 3.63) is 84.4 Å². The highest BCUT2D eigenvalue weighted by Gasteiger charge is 2.22. The zero-order chi connectivity index (χ0) is 19.4. The number of benzene rings is 4. The topological polar surface area (TPSA) is 49.8 Å². The second-order valence-corrected chi connectivity index (χ2v) is 7.42. The summed E-state index contributed by atoms with van der Waals surface area (Å²) in [4.78, 5) is 9.93. The Kier molecular flexibility index (Phi) is 3.35. The van der Waals surface area contributed by atoms with E-state index in [0.717, 1.165) is 55.9 Å². The number of aromatic nitrogens is 2. The van der Waals surface area contributed by atoms with Gasteiger partial charge in [0.2, 0.25) is 0 Å². The van der Waals surface area contributed by atoms with Crippen LogP contribution in [0.5, 0.6) is 0 Å². The summed E-state index contributed by atoms with van der Waals surface area (Å²) in [6.07, 6.45) is 0. The number of para-hydroxylation sites is 4. The lowest BCUT2D eigenvalue weighted by molar-refractivity contribution is 1.37.